The smallest absolute Gasteiger partial charge is 0.00953 e. The van der Waals surface area contributed by atoms with Gasteiger partial charge in [0.05, 0.1) is 0 Å². The normalized spacial score (nSPS) is 38.6. The summed E-state index contributed by atoms with van der Waals surface area (Å²) in [7, 11) is 0. The molecule has 1 aliphatic carbocycles. The van der Waals surface area contributed by atoms with Crippen molar-refractivity contribution in [3.8, 4) is 0 Å². The summed E-state index contributed by atoms with van der Waals surface area (Å²) >= 11 is 0. The average Bonchev–Trinajstić information content (AvgIpc) is 2.58. The van der Waals surface area contributed by atoms with E-state index in [2.05, 4.69) is 12.2 Å². The monoisotopic (exact) mass is 209 g/mol. The minimum absolute atomic E-state index is 0.866. The van der Waals surface area contributed by atoms with Crippen LogP contribution in [0.5, 0.6) is 0 Å². The first-order valence-corrected chi connectivity index (χ1v) is 7.13. The zero-order chi connectivity index (χ0) is 10.5. The van der Waals surface area contributed by atoms with Gasteiger partial charge in [0.15, 0.2) is 0 Å². The van der Waals surface area contributed by atoms with Gasteiger partial charge in [-0.2, -0.15) is 0 Å². The summed E-state index contributed by atoms with van der Waals surface area (Å²) < 4.78 is 0. The van der Waals surface area contributed by atoms with Gasteiger partial charge in [0.2, 0.25) is 0 Å². The highest BCUT2D eigenvalue weighted by Crippen LogP contribution is 2.34. The molecule has 2 rings (SSSR count). The first-order chi connectivity index (χ1) is 7.40. The molecule has 1 aliphatic heterocycles. The molecule has 0 radical (unpaired) electrons. The van der Waals surface area contributed by atoms with Gasteiger partial charge in [-0.3, -0.25) is 0 Å². The van der Waals surface area contributed by atoms with Crippen LogP contribution in [0.2, 0.25) is 0 Å². The van der Waals surface area contributed by atoms with Crippen LogP contribution in [0.4, 0.5) is 0 Å². The van der Waals surface area contributed by atoms with E-state index in [1.165, 1.54) is 64.3 Å². The van der Waals surface area contributed by atoms with Crippen LogP contribution in [-0.4, -0.2) is 12.6 Å². The van der Waals surface area contributed by atoms with Crippen molar-refractivity contribution in [3.63, 3.8) is 0 Å². The largest absolute Gasteiger partial charge is 0.314 e. The molecule has 1 atom stereocenters. The number of nitrogens with one attached hydrogen (secondary N) is 1. The molecule has 88 valence electrons. The van der Waals surface area contributed by atoms with Gasteiger partial charge in [-0.1, -0.05) is 39.0 Å². The SMILES string of the molecule is CCC1CCC(C2CCCCCN2)CC1. The maximum atomic E-state index is 3.78. The Kier molecular flexibility index (Phi) is 4.49. The van der Waals surface area contributed by atoms with Gasteiger partial charge in [-0.05, 0) is 44.1 Å². The van der Waals surface area contributed by atoms with E-state index >= 15 is 0 Å². The van der Waals surface area contributed by atoms with E-state index in [0.29, 0.717) is 0 Å². The fraction of sp³-hybridized carbons (Fsp3) is 1.00. The summed E-state index contributed by atoms with van der Waals surface area (Å²) in [5.74, 6) is 2.05. The lowest BCUT2D eigenvalue weighted by Crippen LogP contribution is -2.37. The third-order valence-electron chi connectivity index (χ3n) is 4.64. The summed E-state index contributed by atoms with van der Waals surface area (Å²) in [4.78, 5) is 0. The molecule has 1 saturated heterocycles. The highest BCUT2D eigenvalue weighted by molar-refractivity contribution is 4.83. The summed E-state index contributed by atoms with van der Waals surface area (Å²) in [5.41, 5.74) is 0. The highest BCUT2D eigenvalue weighted by atomic mass is 14.9. The predicted molar refractivity (Wildman–Crippen MR) is 66.0 cm³/mol. The lowest BCUT2D eigenvalue weighted by molar-refractivity contribution is 0.214. The number of rotatable bonds is 2. The van der Waals surface area contributed by atoms with E-state index in [4.69, 9.17) is 0 Å². The molecule has 0 aromatic heterocycles. The van der Waals surface area contributed by atoms with Crippen LogP contribution in [0.3, 0.4) is 0 Å². The molecule has 1 nitrogen and oxygen atoms in total. The van der Waals surface area contributed by atoms with Crippen LogP contribution in [0, 0.1) is 11.8 Å². The van der Waals surface area contributed by atoms with Crippen LogP contribution < -0.4 is 5.32 Å². The van der Waals surface area contributed by atoms with Crippen molar-refractivity contribution in [3.05, 3.63) is 0 Å². The Bertz CT molecular complexity index is 162. The Morgan fingerprint density at radius 1 is 0.933 bits per heavy atom. The molecular formula is C14H27N. The van der Waals surface area contributed by atoms with E-state index < -0.39 is 0 Å². The summed E-state index contributed by atoms with van der Waals surface area (Å²) in [5, 5.41) is 3.78. The summed E-state index contributed by atoms with van der Waals surface area (Å²) in [6.45, 7) is 3.63. The molecule has 1 heterocycles. The molecule has 2 fully saturated rings. The minimum atomic E-state index is 0.866. The zero-order valence-electron chi connectivity index (χ0n) is 10.3. The Morgan fingerprint density at radius 2 is 1.73 bits per heavy atom. The average molecular weight is 209 g/mol. The van der Waals surface area contributed by atoms with Crippen molar-refractivity contribution in [2.75, 3.05) is 6.54 Å². The first kappa shape index (κ1) is 11.4. The quantitative estimate of drug-likeness (QED) is 0.730. The van der Waals surface area contributed by atoms with Crippen LogP contribution in [-0.2, 0) is 0 Å². The molecule has 2 aliphatic rings. The standard InChI is InChI=1S/C14H27N/c1-2-12-7-9-13(10-8-12)14-6-4-3-5-11-15-14/h12-15H,2-11H2,1H3. The molecule has 15 heavy (non-hydrogen) atoms. The predicted octanol–water partition coefficient (Wildman–Crippen LogP) is 3.74. The summed E-state index contributed by atoms with van der Waals surface area (Å²) in [6.07, 6.45) is 13.2. The lowest BCUT2D eigenvalue weighted by atomic mass is 9.77. The van der Waals surface area contributed by atoms with Crippen LogP contribution >= 0.6 is 0 Å². The van der Waals surface area contributed by atoms with Gasteiger partial charge in [-0.25, -0.2) is 0 Å². The van der Waals surface area contributed by atoms with Crippen molar-refractivity contribution >= 4 is 0 Å². The van der Waals surface area contributed by atoms with Crippen LogP contribution in [0.15, 0.2) is 0 Å². The van der Waals surface area contributed by atoms with E-state index in [9.17, 15) is 0 Å². The second-order valence-corrected chi connectivity index (χ2v) is 5.60. The van der Waals surface area contributed by atoms with Crippen LogP contribution in [0.25, 0.3) is 0 Å². The number of hydrogen-bond donors (Lipinski definition) is 1. The maximum Gasteiger partial charge on any atom is 0.00953 e. The molecule has 0 amide bonds. The molecular weight excluding hydrogens is 182 g/mol. The van der Waals surface area contributed by atoms with Gasteiger partial charge in [0.25, 0.3) is 0 Å². The lowest BCUT2D eigenvalue weighted by Gasteiger charge is -2.33. The van der Waals surface area contributed by atoms with E-state index in [-0.39, 0.29) is 0 Å². The Morgan fingerprint density at radius 3 is 2.47 bits per heavy atom. The first-order valence-electron chi connectivity index (χ1n) is 7.13. The second kappa shape index (κ2) is 5.89. The van der Waals surface area contributed by atoms with Gasteiger partial charge < -0.3 is 5.32 Å². The van der Waals surface area contributed by atoms with Crippen molar-refractivity contribution in [2.24, 2.45) is 11.8 Å². The molecule has 1 heteroatoms. The van der Waals surface area contributed by atoms with Gasteiger partial charge >= 0.3 is 0 Å². The van der Waals surface area contributed by atoms with Gasteiger partial charge in [0, 0.05) is 6.04 Å². The van der Waals surface area contributed by atoms with Crippen LogP contribution in [0.1, 0.15) is 64.7 Å². The Balaban J connectivity index is 1.78. The van der Waals surface area contributed by atoms with Crippen molar-refractivity contribution in [1.82, 2.24) is 5.32 Å². The molecule has 1 unspecified atom stereocenters. The third kappa shape index (κ3) is 3.21. The second-order valence-electron chi connectivity index (χ2n) is 5.60. The highest BCUT2D eigenvalue weighted by Gasteiger charge is 2.26. The molecule has 0 spiro atoms. The van der Waals surface area contributed by atoms with E-state index in [1.807, 2.05) is 0 Å². The zero-order valence-corrected chi connectivity index (χ0v) is 10.3. The van der Waals surface area contributed by atoms with E-state index in [0.717, 1.165) is 17.9 Å². The molecule has 1 saturated carbocycles. The van der Waals surface area contributed by atoms with Gasteiger partial charge in [-0.15, -0.1) is 0 Å². The molecule has 1 N–H and O–H groups in total. The fourth-order valence-corrected chi connectivity index (χ4v) is 3.46. The molecule has 0 bridgehead atoms. The van der Waals surface area contributed by atoms with Gasteiger partial charge in [0.1, 0.15) is 0 Å². The van der Waals surface area contributed by atoms with Crippen molar-refractivity contribution in [2.45, 2.75) is 70.8 Å². The third-order valence-corrected chi connectivity index (χ3v) is 4.64. The van der Waals surface area contributed by atoms with Crippen molar-refractivity contribution in [1.29, 1.82) is 0 Å². The topological polar surface area (TPSA) is 12.0 Å². The maximum absolute atomic E-state index is 3.78. The fourth-order valence-electron chi connectivity index (χ4n) is 3.46. The van der Waals surface area contributed by atoms with Crippen molar-refractivity contribution < 1.29 is 0 Å². The Hall–Kier alpha value is -0.0400. The van der Waals surface area contributed by atoms with E-state index in [1.54, 1.807) is 0 Å². The Labute approximate surface area is 95.0 Å². The molecule has 0 aromatic carbocycles. The molecule has 0 aromatic rings. The number of hydrogen-bond acceptors (Lipinski definition) is 1. The minimum Gasteiger partial charge on any atom is -0.314 e. The summed E-state index contributed by atoms with van der Waals surface area (Å²) in [6, 6.07) is 0.866.